The molecular formula is C11H19N3O2. The van der Waals surface area contributed by atoms with Gasteiger partial charge in [0.25, 0.3) is 0 Å². The largest absolute Gasteiger partial charge is 0.392 e. The molecule has 1 aromatic heterocycles. The molecule has 0 amide bonds. The van der Waals surface area contributed by atoms with Gasteiger partial charge in [0.2, 0.25) is 5.89 Å². The maximum Gasteiger partial charge on any atom is 0.232 e. The van der Waals surface area contributed by atoms with Crippen molar-refractivity contribution >= 4 is 0 Å². The highest BCUT2D eigenvalue weighted by atomic mass is 16.5. The Morgan fingerprint density at radius 1 is 1.50 bits per heavy atom. The fourth-order valence-electron chi connectivity index (χ4n) is 1.78. The van der Waals surface area contributed by atoms with Crippen molar-refractivity contribution in [2.24, 2.45) is 0 Å². The van der Waals surface area contributed by atoms with Crippen molar-refractivity contribution in [3.05, 3.63) is 11.7 Å². The standard InChI is InChI=1S/C11H19N3O2/c1-11(2,3)10-12-9(13-16-10)7-14-5-4-8(15)6-14/h8,15H,4-7H2,1-3H3/t8-/m1/s1. The summed E-state index contributed by atoms with van der Waals surface area (Å²) in [5.41, 5.74) is -0.101. The van der Waals surface area contributed by atoms with Gasteiger partial charge in [-0.3, -0.25) is 4.90 Å². The van der Waals surface area contributed by atoms with Crippen LogP contribution in [0.2, 0.25) is 0 Å². The van der Waals surface area contributed by atoms with Gasteiger partial charge in [0.1, 0.15) is 0 Å². The summed E-state index contributed by atoms with van der Waals surface area (Å²) in [6.07, 6.45) is 0.637. The van der Waals surface area contributed by atoms with E-state index in [9.17, 15) is 5.11 Å². The molecule has 0 radical (unpaired) electrons. The van der Waals surface area contributed by atoms with E-state index < -0.39 is 0 Å². The molecule has 0 unspecified atom stereocenters. The van der Waals surface area contributed by atoms with Gasteiger partial charge in [-0.05, 0) is 6.42 Å². The molecule has 1 aliphatic rings. The Kier molecular flexibility index (Phi) is 2.99. The lowest BCUT2D eigenvalue weighted by molar-refractivity contribution is 0.173. The summed E-state index contributed by atoms with van der Waals surface area (Å²) >= 11 is 0. The molecule has 2 heterocycles. The molecule has 1 aromatic rings. The van der Waals surface area contributed by atoms with Gasteiger partial charge in [-0.2, -0.15) is 4.98 Å². The third-order valence-electron chi connectivity index (χ3n) is 2.72. The average Bonchev–Trinajstić information content (AvgIpc) is 2.74. The van der Waals surface area contributed by atoms with Crippen LogP contribution in [0.3, 0.4) is 0 Å². The van der Waals surface area contributed by atoms with E-state index in [1.807, 2.05) is 20.8 Å². The minimum atomic E-state index is -0.200. The van der Waals surface area contributed by atoms with Crippen molar-refractivity contribution in [1.82, 2.24) is 15.0 Å². The van der Waals surface area contributed by atoms with Crippen LogP contribution in [0, 0.1) is 0 Å². The minimum Gasteiger partial charge on any atom is -0.392 e. The number of aliphatic hydroxyl groups excluding tert-OH is 1. The molecule has 5 nitrogen and oxygen atoms in total. The summed E-state index contributed by atoms with van der Waals surface area (Å²) in [6.45, 7) is 8.41. The summed E-state index contributed by atoms with van der Waals surface area (Å²) in [7, 11) is 0. The summed E-state index contributed by atoms with van der Waals surface area (Å²) in [6, 6.07) is 0. The molecule has 2 rings (SSSR count). The van der Waals surface area contributed by atoms with Crippen LogP contribution >= 0.6 is 0 Å². The van der Waals surface area contributed by atoms with Crippen LogP contribution < -0.4 is 0 Å². The van der Waals surface area contributed by atoms with Crippen molar-refractivity contribution < 1.29 is 9.63 Å². The van der Waals surface area contributed by atoms with Gasteiger partial charge in [-0.25, -0.2) is 0 Å². The molecule has 90 valence electrons. The first-order chi connectivity index (χ1) is 7.45. The Labute approximate surface area is 95.4 Å². The molecule has 5 heteroatoms. The van der Waals surface area contributed by atoms with Gasteiger partial charge >= 0.3 is 0 Å². The van der Waals surface area contributed by atoms with Crippen molar-refractivity contribution in [1.29, 1.82) is 0 Å². The van der Waals surface area contributed by atoms with Crippen LogP contribution in [0.5, 0.6) is 0 Å². The normalized spacial score (nSPS) is 22.9. The van der Waals surface area contributed by atoms with Crippen LogP contribution in [0.15, 0.2) is 4.52 Å². The lowest BCUT2D eigenvalue weighted by Gasteiger charge is -2.12. The van der Waals surface area contributed by atoms with Crippen LogP contribution in [-0.4, -0.2) is 39.3 Å². The number of rotatable bonds is 2. The molecule has 16 heavy (non-hydrogen) atoms. The second kappa shape index (κ2) is 4.14. The smallest absolute Gasteiger partial charge is 0.232 e. The molecule has 1 atom stereocenters. The van der Waals surface area contributed by atoms with Gasteiger partial charge in [0.15, 0.2) is 5.82 Å². The lowest BCUT2D eigenvalue weighted by atomic mass is 9.97. The third-order valence-corrected chi connectivity index (χ3v) is 2.72. The molecule has 1 saturated heterocycles. The predicted octanol–water partition coefficient (Wildman–Crippen LogP) is 0.934. The number of aromatic nitrogens is 2. The van der Waals surface area contributed by atoms with E-state index in [0.717, 1.165) is 13.0 Å². The highest BCUT2D eigenvalue weighted by Gasteiger charge is 2.24. The Bertz CT molecular complexity index is 356. The van der Waals surface area contributed by atoms with Crippen LogP contribution in [0.25, 0.3) is 0 Å². The number of nitrogens with zero attached hydrogens (tertiary/aromatic N) is 3. The quantitative estimate of drug-likeness (QED) is 0.811. The molecule has 0 aliphatic carbocycles. The highest BCUT2D eigenvalue weighted by Crippen LogP contribution is 2.20. The maximum atomic E-state index is 9.41. The van der Waals surface area contributed by atoms with Crippen molar-refractivity contribution in [2.45, 2.75) is 45.3 Å². The van der Waals surface area contributed by atoms with E-state index in [1.165, 1.54) is 0 Å². The first-order valence-electron chi connectivity index (χ1n) is 5.68. The SMILES string of the molecule is CC(C)(C)c1nc(CN2CC[C@@H](O)C2)no1. The zero-order valence-electron chi connectivity index (χ0n) is 10.1. The van der Waals surface area contributed by atoms with E-state index in [1.54, 1.807) is 0 Å². The number of hydrogen-bond acceptors (Lipinski definition) is 5. The van der Waals surface area contributed by atoms with E-state index in [4.69, 9.17) is 4.52 Å². The summed E-state index contributed by atoms with van der Waals surface area (Å²) in [5, 5.41) is 13.4. The number of aliphatic hydroxyl groups is 1. The topological polar surface area (TPSA) is 62.4 Å². The van der Waals surface area contributed by atoms with Gasteiger partial charge in [0.05, 0.1) is 12.6 Å². The first kappa shape index (κ1) is 11.5. The van der Waals surface area contributed by atoms with Crippen molar-refractivity contribution in [3.63, 3.8) is 0 Å². The van der Waals surface area contributed by atoms with Crippen LogP contribution in [-0.2, 0) is 12.0 Å². The van der Waals surface area contributed by atoms with E-state index >= 15 is 0 Å². The Balaban J connectivity index is 1.98. The molecular weight excluding hydrogens is 206 g/mol. The Hall–Kier alpha value is -0.940. The first-order valence-corrected chi connectivity index (χ1v) is 5.68. The molecule has 0 aromatic carbocycles. The fraction of sp³-hybridized carbons (Fsp3) is 0.818. The third kappa shape index (κ3) is 2.59. The summed E-state index contributed by atoms with van der Waals surface area (Å²) in [4.78, 5) is 6.51. The van der Waals surface area contributed by atoms with Gasteiger partial charge in [-0.15, -0.1) is 0 Å². The fourth-order valence-corrected chi connectivity index (χ4v) is 1.78. The monoisotopic (exact) mass is 225 g/mol. The number of hydrogen-bond donors (Lipinski definition) is 1. The molecule has 0 spiro atoms. The maximum absolute atomic E-state index is 9.41. The minimum absolute atomic E-state index is 0.101. The molecule has 1 aliphatic heterocycles. The van der Waals surface area contributed by atoms with Gasteiger partial charge < -0.3 is 9.63 Å². The van der Waals surface area contributed by atoms with Crippen LogP contribution in [0.4, 0.5) is 0 Å². The molecule has 1 fully saturated rings. The molecule has 0 bridgehead atoms. The molecule has 1 N–H and O–H groups in total. The number of likely N-dealkylation sites (tertiary alicyclic amines) is 1. The average molecular weight is 225 g/mol. The van der Waals surface area contributed by atoms with Crippen LogP contribution in [0.1, 0.15) is 38.9 Å². The Morgan fingerprint density at radius 2 is 2.25 bits per heavy atom. The van der Waals surface area contributed by atoms with Gasteiger partial charge in [0, 0.05) is 18.5 Å². The number of β-amino-alcohol motifs (C(OH)–C–C–N with tert-alkyl or cyclic N) is 1. The van der Waals surface area contributed by atoms with Gasteiger partial charge in [-0.1, -0.05) is 25.9 Å². The molecule has 0 saturated carbocycles. The zero-order valence-corrected chi connectivity index (χ0v) is 10.1. The highest BCUT2D eigenvalue weighted by molar-refractivity contribution is 4.98. The second-order valence-electron chi connectivity index (χ2n) is 5.44. The van der Waals surface area contributed by atoms with Crippen molar-refractivity contribution in [2.75, 3.05) is 13.1 Å². The van der Waals surface area contributed by atoms with E-state index in [2.05, 4.69) is 15.0 Å². The zero-order chi connectivity index (χ0) is 11.8. The summed E-state index contributed by atoms with van der Waals surface area (Å²) < 4.78 is 5.22. The lowest BCUT2D eigenvalue weighted by Crippen LogP contribution is -2.22. The second-order valence-corrected chi connectivity index (χ2v) is 5.44. The Morgan fingerprint density at radius 3 is 2.75 bits per heavy atom. The predicted molar refractivity (Wildman–Crippen MR) is 58.9 cm³/mol. The van der Waals surface area contributed by atoms with E-state index in [-0.39, 0.29) is 11.5 Å². The van der Waals surface area contributed by atoms with E-state index in [0.29, 0.717) is 24.8 Å². The summed E-state index contributed by atoms with van der Waals surface area (Å²) in [5.74, 6) is 1.38. The van der Waals surface area contributed by atoms with Crippen molar-refractivity contribution in [3.8, 4) is 0 Å².